The number of hydrogen-bond donors (Lipinski definition) is 0. The van der Waals surface area contributed by atoms with E-state index in [9.17, 15) is 13.2 Å². The second kappa shape index (κ2) is 9.80. The molecule has 1 saturated heterocycles. The highest BCUT2D eigenvalue weighted by Gasteiger charge is 2.43. The lowest BCUT2D eigenvalue weighted by atomic mass is 10.1. The van der Waals surface area contributed by atoms with E-state index in [0.717, 1.165) is 11.8 Å². The third kappa shape index (κ3) is 5.53. The van der Waals surface area contributed by atoms with Crippen molar-refractivity contribution >= 4 is 16.3 Å². The van der Waals surface area contributed by atoms with Crippen LogP contribution in [-0.4, -0.2) is 50.3 Å². The molecule has 2 atom stereocenters. The molecule has 0 aromatic heterocycles. The SMILES string of the molecule is CC1(C)OC[C@@H](N(COCc2ccccc2)S(=O)(=O)c2ccccc2)[C@@H](CC=O)O1. The molecule has 0 radical (unpaired) electrons. The van der Waals surface area contributed by atoms with Gasteiger partial charge >= 0.3 is 0 Å². The van der Waals surface area contributed by atoms with Gasteiger partial charge in [-0.2, -0.15) is 4.31 Å². The Balaban J connectivity index is 1.87. The minimum atomic E-state index is -3.91. The van der Waals surface area contributed by atoms with E-state index in [1.807, 2.05) is 30.3 Å². The van der Waals surface area contributed by atoms with E-state index in [0.29, 0.717) is 0 Å². The lowest BCUT2D eigenvalue weighted by Crippen LogP contribution is -2.58. The summed E-state index contributed by atoms with van der Waals surface area (Å²) < 4.78 is 45.5. The molecule has 1 aliphatic rings. The van der Waals surface area contributed by atoms with Gasteiger partial charge in [-0.1, -0.05) is 48.5 Å². The highest BCUT2D eigenvalue weighted by molar-refractivity contribution is 7.89. The molecule has 1 aliphatic heterocycles. The molecule has 2 aromatic rings. The molecule has 7 nitrogen and oxygen atoms in total. The van der Waals surface area contributed by atoms with E-state index < -0.39 is 28.0 Å². The van der Waals surface area contributed by atoms with Gasteiger partial charge in [-0.05, 0) is 31.5 Å². The van der Waals surface area contributed by atoms with Crippen LogP contribution in [0.1, 0.15) is 25.8 Å². The van der Waals surface area contributed by atoms with Gasteiger partial charge in [0.05, 0.1) is 30.3 Å². The van der Waals surface area contributed by atoms with E-state index in [1.165, 1.54) is 16.4 Å². The molecule has 0 unspecified atom stereocenters. The van der Waals surface area contributed by atoms with Crippen LogP contribution in [0.15, 0.2) is 65.6 Å². The molecule has 162 valence electrons. The average Bonchev–Trinajstić information content (AvgIpc) is 2.73. The Hall–Kier alpha value is -2.10. The minimum Gasteiger partial charge on any atom is -0.360 e. The van der Waals surface area contributed by atoms with Crippen molar-refractivity contribution in [1.29, 1.82) is 0 Å². The lowest BCUT2D eigenvalue weighted by Gasteiger charge is -2.44. The standard InChI is InChI=1S/C22H27NO6S/c1-22(2)28-16-20(21(29-22)13-14-24)23(17-27-15-18-9-5-3-6-10-18)30(25,26)19-11-7-4-8-12-19/h3-12,14,20-21H,13,15-17H2,1-2H3/t20-,21-/m1/s1. The van der Waals surface area contributed by atoms with Gasteiger partial charge in [0.25, 0.3) is 0 Å². The number of carbonyl (C=O) groups excluding carboxylic acids is 1. The fourth-order valence-corrected chi connectivity index (χ4v) is 4.88. The molecule has 0 spiro atoms. The Morgan fingerprint density at radius 1 is 1.10 bits per heavy atom. The molecule has 2 aromatic carbocycles. The number of hydrogen-bond acceptors (Lipinski definition) is 6. The maximum atomic E-state index is 13.4. The van der Waals surface area contributed by atoms with Gasteiger partial charge in [0.1, 0.15) is 13.0 Å². The maximum Gasteiger partial charge on any atom is 0.245 e. The van der Waals surface area contributed by atoms with Gasteiger partial charge in [-0.3, -0.25) is 0 Å². The lowest BCUT2D eigenvalue weighted by molar-refractivity contribution is -0.290. The summed E-state index contributed by atoms with van der Waals surface area (Å²) in [4.78, 5) is 11.4. The zero-order valence-corrected chi connectivity index (χ0v) is 18.0. The van der Waals surface area contributed by atoms with Crippen LogP contribution < -0.4 is 0 Å². The van der Waals surface area contributed by atoms with Crippen molar-refractivity contribution in [3.05, 3.63) is 66.2 Å². The monoisotopic (exact) mass is 433 g/mol. The quantitative estimate of drug-likeness (QED) is 0.447. The number of sulfonamides is 1. The fourth-order valence-electron chi connectivity index (χ4n) is 3.34. The van der Waals surface area contributed by atoms with Crippen LogP contribution in [0.2, 0.25) is 0 Å². The van der Waals surface area contributed by atoms with Crippen LogP contribution in [0.5, 0.6) is 0 Å². The molecule has 0 aliphatic carbocycles. The van der Waals surface area contributed by atoms with Gasteiger partial charge in [-0.15, -0.1) is 0 Å². The Morgan fingerprint density at radius 2 is 1.73 bits per heavy atom. The van der Waals surface area contributed by atoms with Crippen molar-refractivity contribution < 1.29 is 27.4 Å². The number of ether oxygens (including phenoxy) is 3. The summed E-state index contributed by atoms with van der Waals surface area (Å²) >= 11 is 0. The zero-order chi connectivity index (χ0) is 21.6. The summed E-state index contributed by atoms with van der Waals surface area (Å²) in [7, 11) is -3.91. The number of aldehydes is 1. The predicted octanol–water partition coefficient (Wildman–Crippen LogP) is 2.96. The highest BCUT2D eigenvalue weighted by atomic mass is 32.2. The highest BCUT2D eigenvalue weighted by Crippen LogP contribution is 2.30. The molecule has 1 heterocycles. The van der Waals surface area contributed by atoms with Crippen molar-refractivity contribution in [2.45, 2.75) is 49.7 Å². The Labute approximate surface area is 177 Å². The molecular formula is C22H27NO6S. The van der Waals surface area contributed by atoms with Crippen molar-refractivity contribution in [2.75, 3.05) is 13.3 Å². The third-order valence-corrected chi connectivity index (χ3v) is 6.71. The van der Waals surface area contributed by atoms with E-state index in [1.54, 1.807) is 32.0 Å². The van der Waals surface area contributed by atoms with Crippen molar-refractivity contribution in [3.8, 4) is 0 Å². The van der Waals surface area contributed by atoms with E-state index >= 15 is 0 Å². The van der Waals surface area contributed by atoms with Crippen LogP contribution in [0, 0.1) is 0 Å². The predicted molar refractivity (Wildman–Crippen MR) is 111 cm³/mol. The number of nitrogens with zero attached hydrogens (tertiary/aromatic N) is 1. The summed E-state index contributed by atoms with van der Waals surface area (Å²) in [5, 5.41) is 0. The summed E-state index contributed by atoms with van der Waals surface area (Å²) in [6.07, 6.45) is 0.138. The van der Waals surface area contributed by atoms with Crippen LogP contribution in [0.4, 0.5) is 0 Å². The molecule has 0 saturated carbocycles. The summed E-state index contributed by atoms with van der Waals surface area (Å²) in [5.74, 6) is -0.906. The van der Waals surface area contributed by atoms with E-state index in [2.05, 4.69) is 0 Å². The first kappa shape index (κ1) is 22.6. The molecule has 30 heavy (non-hydrogen) atoms. The van der Waals surface area contributed by atoms with E-state index in [4.69, 9.17) is 14.2 Å². The second-order valence-corrected chi connectivity index (χ2v) is 9.40. The molecule has 0 amide bonds. The van der Waals surface area contributed by atoms with Crippen molar-refractivity contribution in [1.82, 2.24) is 4.31 Å². The Morgan fingerprint density at radius 3 is 2.37 bits per heavy atom. The molecular weight excluding hydrogens is 406 g/mol. The number of carbonyl (C=O) groups is 1. The molecule has 0 bridgehead atoms. The smallest absolute Gasteiger partial charge is 0.245 e. The second-order valence-electron chi connectivity index (χ2n) is 7.51. The number of rotatable bonds is 9. The molecule has 0 N–H and O–H groups in total. The van der Waals surface area contributed by atoms with E-state index in [-0.39, 0.29) is 31.3 Å². The largest absolute Gasteiger partial charge is 0.360 e. The average molecular weight is 434 g/mol. The zero-order valence-electron chi connectivity index (χ0n) is 17.1. The van der Waals surface area contributed by atoms with Gasteiger partial charge < -0.3 is 19.0 Å². The summed E-state index contributed by atoms with van der Waals surface area (Å²) in [6.45, 7) is 3.62. The first-order valence-electron chi connectivity index (χ1n) is 9.77. The van der Waals surface area contributed by atoms with Crippen LogP contribution >= 0.6 is 0 Å². The maximum absolute atomic E-state index is 13.4. The molecule has 8 heteroatoms. The van der Waals surface area contributed by atoms with Gasteiger partial charge in [0, 0.05) is 6.42 Å². The number of benzene rings is 2. The van der Waals surface area contributed by atoms with Crippen LogP contribution in [-0.2, 0) is 35.6 Å². The van der Waals surface area contributed by atoms with Crippen molar-refractivity contribution in [2.24, 2.45) is 0 Å². The fraction of sp³-hybridized carbons (Fsp3) is 0.409. The van der Waals surface area contributed by atoms with Crippen LogP contribution in [0.3, 0.4) is 0 Å². The van der Waals surface area contributed by atoms with Crippen molar-refractivity contribution in [3.63, 3.8) is 0 Å². The summed E-state index contributed by atoms with van der Waals surface area (Å²) in [5.41, 5.74) is 0.927. The normalized spacial score (nSPS) is 21.4. The third-order valence-electron chi connectivity index (χ3n) is 4.84. The first-order chi connectivity index (χ1) is 14.3. The van der Waals surface area contributed by atoms with Gasteiger partial charge in [0.15, 0.2) is 5.79 Å². The Bertz CT molecular complexity index is 917. The minimum absolute atomic E-state index is 0.0525. The molecule has 1 fully saturated rings. The van der Waals surface area contributed by atoms with Crippen LogP contribution in [0.25, 0.3) is 0 Å². The molecule has 3 rings (SSSR count). The summed E-state index contributed by atoms with van der Waals surface area (Å²) in [6, 6.07) is 16.9. The Kier molecular flexibility index (Phi) is 7.38. The van der Waals surface area contributed by atoms with Gasteiger partial charge in [0.2, 0.25) is 10.0 Å². The van der Waals surface area contributed by atoms with Gasteiger partial charge in [-0.25, -0.2) is 8.42 Å². The topological polar surface area (TPSA) is 82.1 Å². The first-order valence-corrected chi connectivity index (χ1v) is 11.2.